The second-order valence-corrected chi connectivity index (χ2v) is 6.50. The Kier molecular flexibility index (Phi) is 7.40. The number of halogens is 1. The fourth-order valence-corrected chi connectivity index (χ4v) is 3.15. The Balaban J connectivity index is 1.70. The highest BCUT2D eigenvalue weighted by molar-refractivity contribution is 6.33. The van der Waals surface area contributed by atoms with Crippen LogP contribution in [0.25, 0.3) is 0 Å². The lowest BCUT2D eigenvalue weighted by Gasteiger charge is -2.21. The molecule has 0 heterocycles. The van der Waals surface area contributed by atoms with Crippen LogP contribution in [-0.2, 0) is 4.79 Å². The minimum Gasteiger partial charge on any atom is -0.353 e. The van der Waals surface area contributed by atoms with Gasteiger partial charge in [0.15, 0.2) is 0 Å². The molecule has 23 heavy (non-hydrogen) atoms. The number of rotatable bonds is 5. The topological polar surface area (TPSA) is 58.2 Å². The highest BCUT2D eigenvalue weighted by atomic mass is 35.5. The van der Waals surface area contributed by atoms with Gasteiger partial charge in [-0.3, -0.25) is 9.59 Å². The molecule has 0 aromatic heterocycles. The van der Waals surface area contributed by atoms with Crippen molar-refractivity contribution in [3.05, 3.63) is 34.9 Å². The first-order valence-electron chi connectivity index (χ1n) is 8.49. The molecule has 0 atom stereocenters. The second kappa shape index (κ2) is 9.56. The van der Waals surface area contributed by atoms with Crippen molar-refractivity contribution in [1.82, 2.24) is 10.6 Å². The van der Waals surface area contributed by atoms with E-state index in [1.807, 2.05) is 0 Å². The molecule has 4 nitrogen and oxygen atoms in total. The first kappa shape index (κ1) is 17.8. The van der Waals surface area contributed by atoms with E-state index in [1.165, 1.54) is 32.1 Å². The van der Waals surface area contributed by atoms with Crippen LogP contribution < -0.4 is 10.6 Å². The largest absolute Gasteiger partial charge is 0.353 e. The van der Waals surface area contributed by atoms with Crippen LogP contribution >= 0.6 is 11.6 Å². The first-order chi connectivity index (χ1) is 11.2. The molecular formula is C18H25ClN2O2. The quantitative estimate of drug-likeness (QED) is 0.861. The summed E-state index contributed by atoms with van der Waals surface area (Å²) in [5.74, 6) is -0.232. The van der Waals surface area contributed by atoms with E-state index in [0.717, 1.165) is 12.8 Å². The number of nitrogens with one attached hydrogen (secondary N) is 2. The Morgan fingerprint density at radius 1 is 1.04 bits per heavy atom. The highest BCUT2D eigenvalue weighted by Gasteiger charge is 2.14. The van der Waals surface area contributed by atoms with Gasteiger partial charge in [-0.2, -0.15) is 0 Å². The number of hydrogen-bond acceptors (Lipinski definition) is 2. The van der Waals surface area contributed by atoms with Crippen LogP contribution in [0.2, 0.25) is 5.02 Å². The SMILES string of the molecule is O=C(CCNC(=O)c1ccccc1Cl)NC1CCCCCCC1. The summed E-state index contributed by atoms with van der Waals surface area (Å²) < 4.78 is 0. The van der Waals surface area contributed by atoms with E-state index in [2.05, 4.69) is 10.6 Å². The monoisotopic (exact) mass is 336 g/mol. The molecule has 0 bridgehead atoms. The molecule has 1 aromatic rings. The molecule has 1 aliphatic carbocycles. The fraction of sp³-hybridized carbons (Fsp3) is 0.556. The maximum atomic E-state index is 12.0. The summed E-state index contributed by atoms with van der Waals surface area (Å²) >= 11 is 5.98. The molecule has 1 aliphatic rings. The van der Waals surface area contributed by atoms with Gasteiger partial charge in [0.25, 0.3) is 5.91 Å². The van der Waals surface area contributed by atoms with Gasteiger partial charge in [0.1, 0.15) is 0 Å². The van der Waals surface area contributed by atoms with E-state index in [-0.39, 0.29) is 11.8 Å². The van der Waals surface area contributed by atoms with Gasteiger partial charge in [0.05, 0.1) is 10.6 Å². The molecule has 0 spiro atoms. The molecule has 1 fully saturated rings. The summed E-state index contributed by atoms with van der Waals surface area (Å²) in [4.78, 5) is 24.0. The highest BCUT2D eigenvalue weighted by Crippen LogP contribution is 2.17. The zero-order chi connectivity index (χ0) is 16.5. The van der Waals surface area contributed by atoms with Gasteiger partial charge in [-0.1, -0.05) is 55.8 Å². The fourth-order valence-electron chi connectivity index (χ4n) is 2.93. The second-order valence-electron chi connectivity index (χ2n) is 6.10. The van der Waals surface area contributed by atoms with Crippen LogP contribution in [0.5, 0.6) is 0 Å². The number of carbonyl (C=O) groups excluding carboxylic acids is 2. The van der Waals surface area contributed by atoms with Crippen LogP contribution in [0.3, 0.4) is 0 Å². The van der Waals surface area contributed by atoms with Crippen molar-refractivity contribution in [3.8, 4) is 0 Å². The lowest BCUT2D eigenvalue weighted by atomic mass is 9.96. The molecule has 0 aliphatic heterocycles. The summed E-state index contributed by atoms with van der Waals surface area (Å²) in [6.07, 6.45) is 8.65. The smallest absolute Gasteiger partial charge is 0.252 e. The van der Waals surface area contributed by atoms with Crippen molar-refractivity contribution >= 4 is 23.4 Å². The average Bonchev–Trinajstić information content (AvgIpc) is 2.50. The Morgan fingerprint density at radius 2 is 1.70 bits per heavy atom. The molecule has 126 valence electrons. The van der Waals surface area contributed by atoms with E-state index >= 15 is 0 Å². The van der Waals surface area contributed by atoms with Gasteiger partial charge in [0, 0.05) is 19.0 Å². The van der Waals surface area contributed by atoms with Gasteiger partial charge in [-0.15, -0.1) is 0 Å². The Bertz CT molecular complexity index is 526. The number of amides is 2. The van der Waals surface area contributed by atoms with E-state index in [0.29, 0.717) is 29.6 Å². The van der Waals surface area contributed by atoms with Crippen LogP contribution in [0, 0.1) is 0 Å². The minimum absolute atomic E-state index is 0.00929. The number of benzene rings is 1. The van der Waals surface area contributed by atoms with Crippen LogP contribution in [0.15, 0.2) is 24.3 Å². The standard InChI is InChI=1S/C18H25ClN2O2/c19-16-11-7-6-10-15(16)18(23)20-13-12-17(22)21-14-8-4-2-1-3-5-9-14/h6-7,10-11,14H,1-5,8-9,12-13H2,(H,20,23)(H,21,22). The van der Waals surface area contributed by atoms with Crippen molar-refractivity contribution in [2.75, 3.05) is 6.54 Å². The summed E-state index contributed by atoms with van der Waals surface area (Å²) in [6, 6.07) is 7.19. The van der Waals surface area contributed by atoms with E-state index in [9.17, 15) is 9.59 Å². The van der Waals surface area contributed by atoms with Gasteiger partial charge >= 0.3 is 0 Å². The lowest BCUT2D eigenvalue weighted by Crippen LogP contribution is -2.37. The summed E-state index contributed by atoms with van der Waals surface area (Å²) in [6.45, 7) is 0.322. The third kappa shape index (κ3) is 6.22. The van der Waals surface area contributed by atoms with E-state index in [4.69, 9.17) is 11.6 Å². The Morgan fingerprint density at radius 3 is 2.39 bits per heavy atom. The van der Waals surface area contributed by atoms with E-state index < -0.39 is 0 Å². The molecule has 0 unspecified atom stereocenters. The number of hydrogen-bond donors (Lipinski definition) is 2. The molecule has 1 aromatic carbocycles. The normalized spacial score (nSPS) is 16.2. The number of carbonyl (C=O) groups is 2. The predicted octanol–water partition coefficient (Wildman–Crippen LogP) is 3.69. The summed E-state index contributed by atoms with van der Waals surface area (Å²) in [5.41, 5.74) is 0.439. The van der Waals surface area contributed by atoms with Crippen LogP contribution in [0.1, 0.15) is 61.7 Å². The van der Waals surface area contributed by atoms with E-state index in [1.54, 1.807) is 24.3 Å². The Hall–Kier alpha value is -1.55. The van der Waals surface area contributed by atoms with Gasteiger partial charge in [0.2, 0.25) is 5.91 Å². The maximum Gasteiger partial charge on any atom is 0.252 e. The van der Waals surface area contributed by atoms with Crippen LogP contribution in [0.4, 0.5) is 0 Å². The third-order valence-electron chi connectivity index (χ3n) is 4.23. The first-order valence-corrected chi connectivity index (χ1v) is 8.86. The average molecular weight is 337 g/mol. The van der Waals surface area contributed by atoms with Crippen molar-refractivity contribution in [1.29, 1.82) is 0 Å². The van der Waals surface area contributed by atoms with Crippen molar-refractivity contribution in [2.45, 2.75) is 57.4 Å². The van der Waals surface area contributed by atoms with Crippen molar-refractivity contribution < 1.29 is 9.59 Å². The zero-order valence-corrected chi connectivity index (χ0v) is 14.2. The van der Waals surface area contributed by atoms with Crippen LogP contribution in [-0.4, -0.2) is 24.4 Å². The van der Waals surface area contributed by atoms with Crippen molar-refractivity contribution in [2.24, 2.45) is 0 Å². The molecule has 1 saturated carbocycles. The molecule has 0 radical (unpaired) electrons. The summed E-state index contributed by atoms with van der Waals surface area (Å²) in [7, 11) is 0. The molecular weight excluding hydrogens is 312 g/mol. The molecule has 0 saturated heterocycles. The third-order valence-corrected chi connectivity index (χ3v) is 4.56. The Labute approximate surface area is 143 Å². The molecule has 2 rings (SSSR count). The lowest BCUT2D eigenvalue weighted by molar-refractivity contribution is -0.121. The minimum atomic E-state index is -0.241. The maximum absolute atomic E-state index is 12.0. The summed E-state index contributed by atoms with van der Waals surface area (Å²) in [5, 5.41) is 6.26. The van der Waals surface area contributed by atoms with Gasteiger partial charge < -0.3 is 10.6 Å². The molecule has 2 amide bonds. The molecule has 2 N–H and O–H groups in total. The zero-order valence-electron chi connectivity index (χ0n) is 13.4. The molecule has 5 heteroatoms. The van der Waals surface area contributed by atoms with Crippen molar-refractivity contribution in [3.63, 3.8) is 0 Å². The van der Waals surface area contributed by atoms with Gasteiger partial charge in [-0.05, 0) is 25.0 Å². The predicted molar refractivity (Wildman–Crippen MR) is 92.7 cm³/mol. The van der Waals surface area contributed by atoms with Gasteiger partial charge in [-0.25, -0.2) is 0 Å².